The number of amides is 2. The van der Waals surface area contributed by atoms with E-state index in [2.05, 4.69) is 0 Å². The topological polar surface area (TPSA) is 110 Å². The van der Waals surface area contributed by atoms with Gasteiger partial charge >= 0.3 is 0 Å². The number of carbonyl (C=O) groups excluding carboxylic acids is 3. The number of imide groups is 1. The van der Waals surface area contributed by atoms with Gasteiger partial charge in [-0.15, -0.1) is 0 Å². The van der Waals surface area contributed by atoms with Gasteiger partial charge in [-0.25, -0.2) is 0 Å². The zero-order valence-electron chi connectivity index (χ0n) is 24.5. The molecule has 10 nitrogen and oxygen atoms in total. The van der Waals surface area contributed by atoms with Gasteiger partial charge in [-0.1, -0.05) is 41.5 Å². The molecular weight excluding hydrogens is 494 g/mol. The van der Waals surface area contributed by atoms with Gasteiger partial charge in [0.15, 0.2) is 0 Å². The van der Waals surface area contributed by atoms with Gasteiger partial charge in [0.2, 0.25) is 11.8 Å². The van der Waals surface area contributed by atoms with Crippen LogP contribution in [0.1, 0.15) is 60.8 Å². The molecule has 1 rings (SSSR count). The first-order valence-corrected chi connectivity index (χ1v) is 13.8. The van der Waals surface area contributed by atoms with Gasteiger partial charge in [0.25, 0.3) is 0 Å². The first kappa shape index (κ1) is 34.6. The van der Waals surface area contributed by atoms with Crippen LogP contribution in [0.2, 0.25) is 0 Å². The molecule has 0 radical (unpaired) electrons. The normalized spacial score (nSPS) is 16.6. The molecule has 1 atom stereocenters. The average molecular weight is 546 g/mol. The van der Waals surface area contributed by atoms with Crippen molar-refractivity contribution in [3.05, 3.63) is 0 Å². The minimum absolute atomic E-state index is 0.0990. The molecule has 1 saturated heterocycles. The molecular formula is C28H51NO9. The monoisotopic (exact) mass is 545 g/mol. The highest BCUT2D eigenvalue weighted by molar-refractivity contribution is 6.03. The zero-order chi connectivity index (χ0) is 28.4. The zero-order valence-corrected chi connectivity index (χ0v) is 24.5. The molecule has 0 N–H and O–H groups in total. The molecule has 0 aromatic carbocycles. The number of likely N-dealkylation sites (tertiary alicyclic amines) is 1. The molecule has 222 valence electrons. The number of ketones is 1. The highest BCUT2D eigenvalue weighted by Gasteiger charge is 2.44. The fraction of sp³-hybridized carbons (Fsp3) is 0.893. The van der Waals surface area contributed by atoms with Crippen molar-refractivity contribution in [2.45, 2.75) is 60.8 Å². The lowest BCUT2D eigenvalue weighted by Gasteiger charge is -2.24. The molecule has 0 aromatic rings. The molecule has 1 aliphatic rings. The van der Waals surface area contributed by atoms with E-state index >= 15 is 0 Å². The van der Waals surface area contributed by atoms with Gasteiger partial charge in [-0.05, 0) is 11.8 Å². The summed E-state index contributed by atoms with van der Waals surface area (Å²) < 4.78 is 32.7. The third kappa shape index (κ3) is 14.1. The van der Waals surface area contributed by atoms with E-state index in [4.69, 9.17) is 28.4 Å². The molecule has 2 amide bonds. The van der Waals surface area contributed by atoms with Crippen molar-refractivity contribution in [2.24, 2.45) is 16.7 Å². The van der Waals surface area contributed by atoms with Crippen LogP contribution in [0.3, 0.4) is 0 Å². The van der Waals surface area contributed by atoms with Crippen molar-refractivity contribution < 1.29 is 42.8 Å². The Morgan fingerprint density at radius 2 is 1.11 bits per heavy atom. The van der Waals surface area contributed by atoms with Gasteiger partial charge < -0.3 is 28.4 Å². The summed E-state index contributed by atoms with van der Waals surface area (Å²) in [5.41, 5.74) is -0.494. The Morgan fingerprint density at radius 1 is 0.711 bits per heavy atom. The van der Waals surface area contributed by atoms with E-state index in [9.17, 15) is 14.4 Å². The maximum Gasteiger partial charge on any atom is 0.233 e. The Morgan fingerprint density at radius 3 is 1.47 bits per heavy atom. The molecule has 38 heavy (non-hydrogen) atoms. The third-order valence-corrected chi connectivity index (χ3v) is 6.72. The number of hydrogen-bond acceptors (Lipinski definition) is 9. The Balaban J connectivity index is 1.82. The summed E-state index contributed by atoms with van der Waals surface area (Å²) in [6.45, 7) is 17.5. The standard InChI is InChI=1S/C28H51NO9/c1-7-28(5,6)24(30)8-10-33-12-14-35-16-18-37-20-21-38-19-17-36-15-13-34-11-9-29-25(31)22-23(26(29)32)27(2,3)4/h23H,7-22H2,1-6H3. The molecule has 10 heteroatoms. The number of ether oxygens (including phenoxy) is 6. The number of nitrogens with zero attached hydrogens (tertiary/aromatic N) is 1. The van der Waals surface area contributed by atoms with Gasteiger partial charge in [-0.3, -0.25) is 19.3 Å². The summed E-state index contributed by atoms with van der Waals surface area (Å²) in [6, 6.07) is 0. The minimum atomic E-state index is -0.276. The van der Waals surface area contributed by atoms with E-state index in [0.717, 1.165) is 6.42 Å². The summed E-state index contributed by atoms with van der Waals surface area (Å²) in [5, 5.41) is 0. The summed E-state index contributed by atoms with van der Waals surface area (Å²) in [7, 11) is 0. The Hall–Kier alpha value is -1.43. The highest BCUT2D eigenvalue weighted by Crippen LogP contribution is 2.35. The van der Waals surface area contributed by atoms with Gasteiger partial charge in [0.1, 0.15) is 5.78 Å². The first-order chi connectivity index (χ1) is 18.0. The van der Waals surface area contributed by atoms with E-state index in [1.165, 1.54) is 4.90 Å². The van der Waals surface area contributed by atoms with Crippen molar-refractivity contribution >= 4 is 17.6 Å². The van der Waals surface area contributed by atoms with Crippen LogP contribution in [-0.4, -0.2) is 108 Å². The van der Waals surface area contributed by atoms with Crippen LogP contribution in [0.4, 0.5) is 0 Å². The molecule has 1 unspecified atom stereocenters. The molecule has 0 aromatic heterocycles. The molecule has 0 spiro atoms. The molecule has 1 heterocycles. The second kappa shape index (κ2) is 18.8. The Kier molecular flexibility index (Phi) is 17.1. The SMILES string of the molecule is CCC(C)(C)C(=O)CCOCCOCCOCCOCCOCCOCCN1C(=O)CC(C(C)(C)C)C1=O. The molecule has 1 fully saturated rings. The van der Waals surface area contributed by atoms with Crippen LogP contribution in [0.5, 0.6) is 0 Å². The van der Waals surface area contributed by atoms with Crippen LogP contribution in [-0.2, 0) is 42.8 Å². The Bertz CT molecular complexity index is 690. The second-order valence-corrected chi connectivity index (χ2v) is 11.1. The van der Waals surface area contributed by atoms with Crippen molar-refractivity contribution in [3.8, 4) is 0 Å². The van der Waals surface area contributed by atoms with Crippen molar-refractivity contribution in [3.63, 3.8) is 0 Å². The summed E-state index contributed by atoms with van der Waals surface area (Å²) in [5.74, 6) is -0.243. The van der Waals surface area contributed by atoms with Gasteiger partial charge in [0, 0.05) is 18.3 Å². The van der Waals surface area contributed by atoms with Crippen LogP contribution in [0.15, 0.2) is 0 Å². The lowest BCUT2D eigenvalue weighted by Crippen LogP contribution is -2.36. The molecule has 1 aliphatic heterocycles. The van der Waals surface area contributed by atoms with Crippen molar-refractivity contribution in [1.82, 2.24) is 4.90 Å². The van der Waals surface area contributed by atoms with E-state index in [-0.39, 0.29) is 47.3 Å². The minimum Gasteiger partial charge on any atom is -0.379 e. The molecule has 0 aliphatic carbocycles. The van der Waals surface area contributed by atoms with E-state index in [1.807, 2.05) is 41.5 Å². The highest BCUT2D eigenvalue weighted by atomic mass is 16.6. The predicted molar refractivity (Wildman–Crippen MR) is 143 cm³/mol. The fourth-order valence-electron chi connectivity index (χ4n) is 3.65. The van der Waals surface area contributed by atoms with Crippen molar-refractivity contribution in [2.75, 3.05) is 85.8 Å². The number of Topliss-reactive ketones (excluding diaryl/α,β-unsaturated/α-hetero) is 1. The summed E-state index contributed by atoms with van der Waals surface area (Å²) in [6.07, 6.45) is 1.55. The molecule has 0 saturated carbocycles. The van der Waals surface area contributed by atoms with Crippen LogP contribution < -0.4 is 0 Å². The van der Waals surface area contributed by atoms with Crippen LogP contribution >= 0.6 is 0 Å². The Labute approximate surface area is 229 Å². The van der Waals surface area contributed by atoms with E-state index in [1.54, 1.807) is 0 Å². The maximum atomic E-state index is 12.4. The van der Waals surface area contributed by atoms with Crippen LogP contribution in [0.25, 0.3) is 0 Å². The quantitative estimate of drug-likeness (QED) is 0.141. The van der Waals surface area contributed by atoms with Gasteiger partial charge in [0.05, 0.1) is 91.7 Å². The number of rotatable bonds is 23. The maximum absolute atomic E-state index is 12.4. The second-order valence-electron chi connectivity index (χ2n) is 11.1. The van der Waals surface area contributed by atoms with Crippen molar-refractivity contribution in [1.29, 1.82) is 0 Å². The third-order valence-electron chi connectivity index (χ3n) is 6.72. The smallest absolute Gasteiger partial charge is 0.233 e. The van der Waals surface area contributed by atoms with Gasteiger partial charge in [-0.2, -0.15) is 0 Å². The molecule has 0 bridgehead atoms. The lowest BCUT2D eigenvalue weighted by molar-refractivity contribution is -0.141. The van der Waals surface area contributed by atoms with Crippen LogP contribution in [0, 0.1) is 16.7 Å². The largest absolute Gasteiger partial charge is 0.379 e. The lowest BCUT2D eigenvalue weighted by atomic mass is 9.80. The number of carbonyl (C=O) groups is 3. The summed E-state index contributed by atoms with van der Waals surface area (Å²) in [4.78, 5) is 37.8. The summed E-state index contributed by atoms with van der Waals surface area (Å²) >= 11 is 0. The number of hydrogen-bond donors (Lipinski definition) is 0. The first-order valence-electron chi connectivity index (χ1n) is 13.8. The predicted octanol–water partition coefficient (Wildman–Crippen LogP) is 2.90. The van der Waals surface area contributed by atoms with E-state index < -0.39 is 0 Å². The van der Waals surface area contributed by atoms with E-state index in [0.29, 0.717) is 85.7 Å². The average Bonchev–Trinajstić information content (AvgIpc) is 3.16. The fourth-order valence-corrected chi connectivity index (χ4v) is 3.65.